The summed E-state index contributed by atoms with van der Waals surface area (Å²) in [7, 11) is 0. The molecule has 0 radical (unpaired) electrons. The summed E-state index contributed by atoms with van der Waals surface area (Å²) in [5.41, 5.74) is 2.41. The first-order valence-electron chi connectivity index (χ1n) is 7.21. The van der Waals surface area contributed by atoms with Gasteiger partial charge < -0.3 is 5.11 Å². The molecule has 3 rings (SSSR count). The van der Waals surface area contributed by atoms with Crippen LogP contribution in [-0.4, -0.2) is 10.9 Å². The Labute approximate surface area is 114 Å². The Morgan fingerprint density at radius 2 is 1.95 bits per heavy atom. The summed E-state index contributed by atoms with van der Waals surface area (Å²) in [5.74, 6) is 1.13. The molecule has 2 aliphatic carbocycles. The smallest absolute Gasteiger partial charge is 0.138 e. The van der Waals surface area contributed by atoms with Gasteiger partial charge in [-0.25, -0.2) is 0 Å². The van der Waals surface area contributed by atoms with E-state index in [-0.39, 0.29) is 10.8 Å². The largest absolute Gasteiger partial charge is 0.508 e. The molecule has 0 aliphatic heterocycles. The van der Waals surface area contributed by atoms with Gasteiger partial charge in [0, 0.05) is 11.8 Å². The zero-order chi connectivity index (χ0) is 13.8. The number of fused-ring (bicyclic) bond motifs is 3. The van der Waals surface area contributed by atoms with Gasteiger partial charge in [-0.05, 0) is 53.9 Å². The number of hydrogen-bond acceptors (Lipinski definition) is 2. The van der Waals surface area contributed by atoms with Gasteiger partial charge in [-0.1, -0.05) is 26.8 Å². The summed E-state index contributed by atoms with van der Waals surface area (Å²) in [6, 6.07) is 5.75. The summed E-state index contributed by atoms with van der Waals surface area (Å²) in [5, 5.41) is 9.81. The molecule has 0 spiro atoms. The van der Waals surface area contributed by atoms with Crippen LogP contribution in [0.3, 0.4) is 0 Å². The lowest BCUT2D eigenvalue weighted by molar-refractivity contribution is -0.137. The molecule has 0 heterocycles. The molecule has 0 amide bonds. The van der Waals surface area contributed by atoms with Crippen molar-refractivity contribution >= 4 is 5.78 Å². The molecule has 102 valence electrons. The predicted octanol–water partition coefficient (Wildman–Crippen LogP) is 3.60. The lowest BCUT2D eigenvalue weighted by Crippen LogP contribution is -2.52. The second-order valence-corrected chi connectivity index (χ2v) is 7.00. The Hall–Kier alpha value is -1.31. The van der Waals surface area contributed by atoms with E-state index in [1.54, 1.807) is 6.07 Å². The van der Waals surface area contributed by atoms with Gasteiger partial charge in [0.15, 0.2) is 0 Å². The van der Waals surface area contributed by atoms with E-state index in [0.717, 1.165) is 19.3 Å². The van der Waals surface area contributed by atoms with E-state index in [4.69, 9.17) is 0 Å². The molecule has 1 saturated carbocycles. The lowest BCUT2D eigenvalue weighted by Gasteiger charge is -2.53. The van der Waals surface area contributed by atoms with Crippen molar-refractivity contribution in [1.29, 1.82) is 0 Å². The third-order valence-electron chi connectivity index (χ3n) is 5.64. The van der Waals surface area contributed by atoms with Crippen LogP contribution in [0, 0.1) is 11.3 Å². The molecule has 2 atom stereocenters. The van der Waals surface area contributed by atoms with E-state index in [1.165, 1.54) is 11.1 Å². The normalized spacial score (nSPS) is 32.6. The predicted molar refractivity (Wildman–Crippen MR) is 75.3 cm³/mol. The number of carbonyl (C=O) groups excluding carboxylic acids is 1. The molecule has 2 nitrogen and oxygen atoms in total. The Balaban J connectivity index is 2.15. The first-order valence-corrected chi connectivity index (χ1v) is 7.21. The van der Waals surface area contributed by atoms with E-state index in [9.17, 15) is 9.90 Å². The summed E-state index contributed by atoms with van der Waals surface area (Å²) in [6.07, 6.45) is 3.67. The Bertz CT molecular complexity index is 544. The van der Waals surface area contributed by atoms with Gasteiger partial charge in [0.05, 0.1) is 0 Å². The molecule has 1 N–H and O–H groups in total. The van der Waals surface area contributed by atoms with Crippen molar-refractivity contribution < 1.29 is 9.90 Å². The first kappa shape index (κ1) is 12.7. The van der Waals surface area contributed by atoms with Crippen molar-refractivity contribution in [2.75, 3.05) is 0 Å². The van der Waals surface area contributed by atoms with E-state index in [0.29, 0.717) is 23.9 Å². The average Bonchev–Trinajstić information content (AvgIpc) is 2.35. The third-order valence-corrected chi connectivity index (χ3v) is 5.64. The Morgan fingerprint density at radius 3 is 2.68 bits per heavy atom. The standard InChI is InChI=1S/C17H22O2/c1-16(2)14-7-5-11-4-6-12(18)10-13(11)17(14,3)9-8-15(16)19/h4,6,10,14,18H,5,7-9H2,1-3H3/t14-,17+/m0/s1. The van der Waals surface area contributed by atoms with Crippen molar-refractivity contribution in [2.24, 2.45) is 11.3 Å². The number of Topliss-reactive ketones (excluding diaryl/α,β-unsaturated/α-hetero) is 1. The number of carbonyl (C=O) groups is 1. The minimum atomic E-state index is -0.240. The zero-order valence-electron chi connectivity index (χ0n) is 12.0. The number of aromatic hydroxyl groups is 1. The molecule has 1 aromatic carbocycles. The fourth-order valence-electron chi connectivity index (χ4n) is 4.48. The Kier molecular flexibility index (Phi) is 2.57. The monoisotopic (exact) mass is 258 g/mol. The molecular weight excluding hydrogens is 236 g/mol. The van der Waals surface area contributed by atoms with Gasteiger partial charge in [-0.3, -0.25) is 4.79 Å². The fraction of sp³-hybridized carbons (Fsp3) is 0.588. The van der Waals surface area contributed by atoms with E-state index in [2.05, 4.69) is 26.8 Å². The van der Waals surface area contributed by atoms with Gasteiger partial charge in [0.2, 0.25) is 0 Å². The van der Waals surface area contributed by atoms with Crippen molar-refractivity contribution in [2.45, 2.75) is 51.9 Å². The number of hydrogen-bond donors (Lipinski definition) is 1. The summed E-state index contributed by atoms with van der Waals surface area (Å²) in [4.78, 5) is 12.2. The van der Waals surface area contributed by atoms with Crippen LogP contribution >= 0.6 is 0 Å². The molecule has 0 aromatic heterocycles. The van der Waals surface area contributed by atoms with E-state index < -0.39 is 0 Å². The topological polar surface area (TPSA) is 37.3 Å². The van der Waals surface area contributed by atoms with E-state index in [1.807, 2.05) is 6.07 Å². The van der Waals surface area contributed by atoms with Gasteiger partial charge in [-0.2, -0.15) is 0 Å². The molecule has 1 fully saturated rings. The number of phenolic OH excluding ortho intramolecular Hbond substituents is 1. The number of ketones is 1. The van der Waals surface area contributed by atoms with Crippen LogP contribution in [0.1, 0.15) is 51.2 Å². The number of aryl methyl sites for hydroxylation is 1. The maximum atomic E-state index is 12.2. The average molecular weight is 258 g/mol. The van der Waals surface area contributed by atoms with Crippen molar-refractivity contribution in [3.05, 3.63) is 29.3 Å². The maximum Gasteiger partial charge on any atom is 0.138 e. The van der Waals surface area contributed by atoms with Gasteiger partial charge in [0.25, 0.3) is 0 Å². The highest BCUT2D eigenvalue weighted by Gasteiger charge is 2.53. The van der Waals surface area contributed by atoms with Crippen LogP contribution < -0.4 is 0 Å². The molecule has 2 aliphatic rings. The number of rotatable bonds is 0. The highest BCUT2D eigenvalue weighted by atomic mass is 16.3. The SMILES string of the molecule is CC1(C)C(=O)CC[C@]2(C)c3cc(O)ccc3CC[C@@H]12. The number of phenols is 1. The fourth-order valence-corrected chi connectivity index (χ4v) is 4.48. The van der Waals surface area contributed by atoms with E-state index >= 15 is 0 Å². The third kappa shape index (κ3) is 1.65. The Morgan fingerprint density at radius 1 is 1.21 bits per heavy atom. The maximum absolute atomic E-state index is 12.2. The second-order valence-electron chi connectivity index (χ2n) is 7.00. The molecule has 19 heavy (non-hydrogen) atoms. The molecular formula is C17H22O2. The van der Waals surface area contributed by atoms with Crippen LogP contribution in [0.2, 0.25) is 0 Å². The quantitative estimate of drug-likeness (QED) is 0.772. The zero-order valence-corrected chi connectivity index (χ0v) is 12.0. The summed E-state index contributed by atoms with van der Waals surface area (Å²) >= 11 is 0. The van der Waals surface area contributed by atoms with Crippen LogP contribution in [0.15, 0.2) is 18.2 Å². The highest BCUT2D eigenvalue weighted by molar-refractivity contribution is 5.86. The van der Waals surface area contributed by atoms with Gasteiger partial charge in [-0.15, -0.1) is 0 Å². The number of benzene rings is 1. The van der Waals surface area contributed by atoms with Crippen LogP contribution in [-0.2, 0) is 16.6 Å². The van der Waals surface area contributed by atoms with Crippen molar-refractivity contribution in [1.82, 2.24) is 0 Å². The second kappa shape index (κ2) is 3.84. The van der Waals surface area contributed by atoms with Crippen LogP contribution in [0.4, 0.5) is 0 Å². The molecule has 0 bridgehead atoms. The van der Waals surface area contributed by atoms with Crippen LogP contribution in [0.5, 0.6) is 5.75 Å². The first-order chi connectivity index (χ1) is 8.85. The highest BCUT2D eigenvalue weighted by Crippen LogP contribution is 2.56. The molecule has 2 heteroatoms. The molecule has 0 saturated heterocycles. The van der Waals surface area contributed by atoms with Crippen molar-refractivity contribution in [3.63, 3.8) is 0 Å². The van der Waals surface area contributed by atoms with Gasteiger partial charge >= 0.3 is 0 Å². The molecule has 1 aromatic rings. The van der Waals surface area contributed by atoms with Gasteiger partial charge in [0.1, 0.15) is 11.5 Å². The van der Waals surface area contributed by atoms with Crippen LogP contribution in [0.25, 0.3) is 0 Å². The lowest BCUT2D eigenvalue weighted by atomic mass is 9.50. The van der Waals surface area contributed by atoms with Crippen molar-refractivity contribution in [3.8, 4) is 5.75 Å². The minimum absolute atomic E-state index is 0.0315. The summed E-state index contributed by atoms with van der Waals surface area (Å²) < 4.78 is 0. The molecule has 0 unspecified atom stereocenters. The summed E-state index contributed by atoms with van der Waals surface area (Å²) in [6.45, 7) is 6.49. The minimum Gasteiger partial charge on any atom is -0.508 e.